The Labute approximate surface area is 225 Å². The molecule has 0 amide bonds. The maximum atomic E-state index is 13.6. The predicted molar refractivity (Wildman–Crippen MR) is 150 cm³/mol. The Balaban J connectivity index is 1.56. The summed E-state index contributed by atoms with van der Waals surface area (Å²) in [4.78, 5) is 2.74. The average molecular weight is 528 g/mol. The van der Waals surface area contributed by atoms with Crippen LogP contribution in [0.25, 0.3) is 10.9 Å². The third-order valence-electron chi connectivity index (χ3n) is 7.82. The maximum absolute atomic E-state index is 13.6. The molecule has 1 fully saturated rings. The van der Waals surface area contributed by atoms with E-state index in [1.54, 1.807) is 25.4 Å². The van der Waals surface area contributed by atoms with E-state index >= 15 is 0 Å². The molecule has 5 rings (SSSR count). The molecule has 38 heavy (non-hydrogen) atoms. The standard InChI is InChI=1S/C31H33N3O3S/c1-21-5-11-27(12-6-21)38(35,36)34-16-14-28-29(22(2)17-23(3)31(28)34)20-33-15-13-26(37-4)18-30(33)25-9-7-24(19-32)8-10-25/h5-12,14,16-17,26,30H,13,15,18,20H2,1-4H3/t26-,30-/m0/s1. The Hall–Kier alpha value is -3.44. The minimum absolute atomic E-state index is 0.135. The first-order valence-corrected chi connectivity index (χ1v) is 14.4. The molecule has 0 bridgehead atoms. The third-order valence-corrected chi connectivity index (χ3v) is 9.51. The number of hydrogen-bond donors (Lipinski definition) is 0. The van der Waals surface area contributed by atoms with Crippen LogP contribution in [-0.4, -0.2) is 37.0 Å². The lowest BCUT2D eigenvalue weighted by Crippen LogP contribution is -2.39. The van der Waals surface area contributed by atoms with Crippen molar-refractivity contribution in [2.45, 2.75) is 57.2 Å². The van der Waals surface area contributed by atoms with Gasteiger partial charge in [-0.2, -0.15) is 5.26 Å². The number of likely N-dealkylation sites (tertiary alicyclic amines) is 1. The van der Waals surface area contributed by atoms with Crippen molar-refractivity contribution in [3.8, 4) is 6.07 Å². The number of hydrogen-bond acceptors (Lipinski definition) is 5. The Kier molecular flexibility index (Phi) is 7.15. The van der Waals surface area contributed by atoms with Gasteiger partial charge < -0.3 is 4.74 Å². The van der Waals surface area contributed by atoms with Crippen LogP contribution in [0.4, 0.5) is 0 Å². The highest BCUT2D eigenvalue weighted by Gasteiger charge is 2.31. The van der Waals surface area contributed by atoms with Gasteiger partial charge in [0.25, 0.3) is 10.0 Å². The molecule has 0 spiro atoms. The third kappa shape index (κ3) is 4.76. The molecule has 0 unspecified atom stereocenters. The van der Waals surface area contributed by atoms with Gasteiger partial charge in [-0.25, -0.2) is 12.4 Å². The molecular weight excluding hydrogens is 494 g/mol. The van der Waals surface area contributed by atoms with Gasteiger partial charge in [-0.05, 0) is 86.2 Å². The molecular formula is C31H33N3O3S. The van der Waals surface area contributed by atoms with Crippen LogP contribution in [0.5, 0.6) is 0 Å². The van der Waals surface area contributed by atoms with Crippen LogP contribution in [0.15, 0.2) is 71.8 Å². The number of aromatic nitrogens is 1. The number of nitrogens with zero attached hydrogens (tertiary/aromatic N) is 3. The normalized spacial score (nSPS) is 18.5. The zero-order valence-corrected chi connectivity index (χ0v) is 23.1. The average Bonchev–Trinajstić information content (AvgIpc) is 3.38. The quantitative estimate of drug-likeness (QED) is 0.306. The highest BCUT2D eigenvalue weighted by Crippen LogP contribution is 2.37. The lowest BCUT2D eigenvalue weighted by Gasteiger charge is -2.39. The van der Waals surface area contributed by atoms with Crippen LogP contribution < -0.4 is 0 Å². The molecule has 7 heteroatoms. The summed E-state index contributed by atoms with van der Waals surface area (Å²) in [5, 5.41) is 10.2. The molecule has 2 heterocycles. The fourth-order valence-electron chi connectivity index (χ4n) is 5.69. The van der Waals surface area contributed by atoms with E-state index in [2.05, 4.69) is 24.0 Å². The maximum Gasteiger partial charge on any atom is 0.268 e. The molecule has 6 nitrogen and oxygen atoms in total. The van der Waals surface area contributed by atoms with Crippen LogP contribution in [0, 0.1) is 32.1 Å². The summed E-state index contributed by atoms with van der Waals surface area (Å²) >= 11 is 0. The van der Waals surface area contributed by atoms with Crippen LogP contribution in [0.1, 0.15) is 52.3 Å². The molecule has 1 aliphatic heterocycles. The number of aryl methyl sites for hydroxylation is 3. The van der Waals surface area contributed by atoms with Crippen molar-refractivity contribution >= 4 is 20.9 Å². The number of nitriles is 1. The summed E-state index contributed by atoms with van der Waals surface area (Å²) in [7, 11) is -1.97. The summed E-state index contributed by atoms with van der Waals surface area (Å²) < 4.78 is 34.4. The van der Waals surface area contributed by atoms with Gasteiger partial charge in [-0.1, -0.05) is 35.9 Å². The van der Waals surface area contributed by atoms with E-state index in [-0.39, 0.29) is 17.0 Å². The van der Waals surface area contributed by atoms with E-state index in [1.165, 1.54) is 3.97 Å². The van der Waals surface area contributed by atoms with E-state index in [9.17, 15) is 13.7 Å². The Morgan fingerprint density at radius 1 is 1.00 bits per heavy atom. The Morgan fingerprint density at radius 3 is 2.37 bits per heavy atom. The summed E-state index contributed by atoms with van der Waals surface area (Å²) in [6.07, 6.45) is 3.65. The molecule has 3 aromatic carbocycles. The number of piperidine rings is 1. The highest BCUT2D eigenvalue weighted by atomic mass is 32.2. The molecule has 0 aliphatic carbocycles. The molecule has 0 N–H and O–H groups in total. The van der Waals surface area contributed by atoms with E-state index in [0.29, 0.717) is 12.1 Å². The monoisotopic (exact) mass is 527 g/mol. The van der Waals surface area contributed by atoms with Gasteiger partial charge in [-0.15, -0.1) is 0 Å². The van der Waals surface area contributed by atoms with Crippen molar-refractivity contribution in [2.75, 3.05) is 13.7 Å². The number of ether oxygens (including phenoxy) is 1. The number of fused-ring (bicyclic) bond motifs is 1. The van der Waals surface area contributed by atoms with Crippen molar-refractivity contribution in [1.29, 1.82) is 5.26 Å². The molecule has 0 saturated carbocycles. The summed E-state index contributed by atoms with van der Waals surface area (Å²) in [6, 6.07) is 21.2. The van der Waals surface area contributed by atoms with Crippen molar-refractivity contribution < 1.29 is 13.2 Å². The van der Waals surface area contributed by atoms with Crippen LogP contribution in [-0.2, 0) is 21.3 Å². The molecule has 2 atom stereocenters. The van der Waals surface area contributed by atoms with Crippen molar-refractivity contribution in [2.24, 2.45) is 0 Å². The van der Waals surface area contributed by atoms with E-state index in [4.69, 9.17) is 4.74 Å². The molecule has 1 saturated heterocycles. The number of benzene rings is 3. The first kappa shape index (κ1) is 26.2. The molecule has 1 aliphatic rings. The van der Waals surface area contributed by atoms with Gasteiger partial charge >= 0.3 is 0 Å². The number of rotatable bonds is 6. The second-order valence-corrected chi connectivity index (χ2v) is 12.1. The first-order chi connectivity index (χ1) is 18.2. The summed E-state index contributed by atoms with van der Waals surface area (Å²) in [5.41, 5.74) is 6.77. The van der Waals surface area contributed by atoms with Crippen LogP contribution >= 0.6 is 0 Å². The van der Waals surface area contributed by atoms with Crippen LogP contribution in [0.3, 0.4) is 0 Å². The Bertz CT molecular complexity index is 1610. The lowest BCUT2D eigenvalue weighted by molar-refractivity contribution is 0.00691. The zero-order chi connectivity index (χ0) is 27.0. The topological polar surface area (TPSA) is 75.3 Å². The Morgan fingerprint density at radius 2 is 1.71 bits per heavy atom. The largest absolute Gasteiger partial charge is 0.381 e. The van der Waals surface area contributed by atoms with Crippen molar-refractivity contribution in [1.82, 2.24) is 8.87 Å². The SMILES string of the molecule is CO[C@H]1CCN(Cc2c(C)cc(C)c3c2ccn3S(=O)(=O)c2ccc(C)cc2)[C@H](c2ccc(C#N)cc2)C1. The smallest absolute Gasteiger partial charge is 0.268 e. The van der Waals surface area contributed by atoms with E-state index < -0.39 is 10.0 Å². The fourth-order valence-corrected chi connectivity index (χ4v) is 7.10. The zero-order valence-electron chi connectivity index (χ0n) is 22.3. The van der Waals surface area contributed by atoms with E-state index in [0.717, 1.165) is 58.1 Å². The minimum Gasteiger partial charge on any atom is -0.381 e. The highest BCUT2D eigenvalue weighted by molar-refractivity contribution is 7.90. The second kappa shape index (κ2) is 10.4. The van der Waals surface area contributed by atoms with E-state index in [1.807, 2.05) is 56.3 Å². The van der Waals surface area contributed by atoms with Crippen molar-refractivity contribution in [3.63, 3.8) is 0 Å². The number of methoxy groups -OCH3 is 1. The van der Waals surface area contributed by atoms with Gasteiger partial charge in [0.2, 0.25) is 0 Å². The second-order valence-electron chi connectivity index (χ2n) is 10.3. The fraction of sp³-hybridized carbons (Fsp3) is 0.323. The first-order valence-electron chi connectivity index (χ1n) is 12.9. The minimum atomic E-state index is -3.74. The molecule has 196 valence electrons. The van der Waals surface area contributed by atoms with Gasteiger partial charge in [0.05, 0.1) is 28.1 Å². The van der Waals surface area contributed by atoms with Crippen molar-refractivity contribution in [3.05, 3.63) is 100 Å². The predicted octanol–water partition coefficient (Wildman–Crippen LogP) is 6.03. The van der Waals surface area contributed by atoms with Gasteiger partial charge in [0.1, 0.15) is 0 Å². The summed E-state index contributed by atoms with van der Waals surface area (Å²) in [5.74, 6) is 0. The lowest BCUT2D eigenvalue weighted by atomic mass is 9.91. The van der Waals surface area contributed by atoms with Gasteiger partial charge in [-0.3, -0.25) is 4.90 Å². The van der Waals surface area contributed by atoms with Gasteiger partial charge in [0, 0.05) is 37.8 Å². The molecule has 4 aromatic rings. The van der Waals surface area contributed by atoms with Gasteiger partial charge in [0.15, 0.2) is 0 Å². The molecule has 0 radical (unpaired) electrons. The molecule has 1 aromatic heterocycles. The van der Waals surface area contributed by atoms with Crippen LogP contribution in [0.2, 0.25) is 0 Å². The summed E-state index contributed by atoms with van der Waals surface area (Å²) in [6.45, 7) is 7.58.